The van der Waals surface area contributed by atoms with Gasteiger partial charge in [0.05, 0.1) is 19.1 Å². The molecule has 1 atom stereocenters. The molecule has 0 aromatic heterocycles. The first-order valence-corrected chi connectivity index (χ1v) is 4.15. The van der Waals surface area contributed by atoms with Crippen LogP contribution in [0.3, 0.4) is 0 Å². The normalized spacial score (nSPS) is 12.4. The summed E-state index contributed by atoms with van der Waals surface area (Å²) in [5.74, 6) is -0.805. The number of aliphatic carboxylic acids is 1. The Morgan fingerprint density at radius 3 is 2.83 bits per heavy atom. The van der Waals surface area contributed by atoms with Crippen molar-refractivity contribution in [1.82, 2.24) is 0 Å². The van der Waals surface area contributed by atoms with E-state index in [1.54, 1.807) is 6.08 Å². The van der Waals surface area contributed by atoms with Gasteiger partial charge in [0.25, 0.3) is 0 Å². The minimum atomic E-state index is -0.805. The predicted molar refractivity (Wildman–Crippen MR) is 47.1 cm³/mol. The molecule has 0 aromatic rings. The highest BCUT2D eigenvalue weighted by Gasteiger charge is 2.10. The van der Waals surface area contributed by atoms with E-state index in [9.17, 15) is 4.79 Å². The largest absolute Gasteiger partial charge is 0.481 e. The molecule has 70 valence electrons. The minimum Gasteiger partial charge on any atom is -0.481 e. The molecule has 3 heteroatoms. The summed E-state index contributed by atoms with van der Waals surface area (Å²) in [5.41, 5.74) is 0. The molecule has 0 aromatic carbocycles. The molecular formula is C9H16O3. The van der Waals surface area contributed by atoms with Gasteiger partial charge in [-0.1, -0.05) is 13.0 Å². The molecule has 0 spiro atoms. The van der Waals surface area contributed by atoms with Gasteiger partial charge in [0.15, 0.2) is 0 Å². The quantitative estimate of drug-likeness (QED) is 0.470. The van der Waals surface area contributed by atoms with Gasteiger partial charge in [-0.3, -0.25) is 4.79 Å². The predicted octanol–water partition coefficient (Wildman–Crippen LogP) is 1.83. The van der Waals surface area contributed by atoms with Gasteiger partial charge in [-0.25, -0.2) is 0 Å². The molecule has 0 aliphatic heterocycles. The summed E-state index contributed by atoms with van der Waals surface area (Å²) in [7, 11) is 0. The minimum absolute atomic E-state index is 0.0909. The van der Waals surface area contributed by atoms with Gasteiger partial charge in [0.1, 0.15) is 0 Å². The van der Waals surface area contributed by atoms with Gasteiger partial charge < -0.3 is 9.84 Å². The lowest BCUT2D eigenvalue weighted by Gasteiger charge is -2.12. The number of carboxylic acid groups (broad SMARTS) is 1. The molecule has 0 aliphatic rings. The molecule has 0 heterocycles. The average molecular weight is 172 g/mol. The third-order valence-electron chi connectivity index (χ3n) is 1.53. The Hall–Kier alpha value is -0.830. The first-order valence-electron chi connectivity index (χ1n) is 4.15. The lowest BCUT2D eigenvalue weighted by molar-refractivity contribution is -0.140. The average Bonchev–Trinajstić information content (AvgIpc) is 2.02. The van der Waals surface area contributed by atoms with Crippen molar-refractivity contribution in [3.63, 3.8) is 0 Å². The molecule has 0 rings (SSSR count). The van der Waals surface area contributed by atoms with Crippen LogP contribution in [-0.4, -0.2) is 23.8 Å². The monoisotopic (exact) mass is 172 g/mol. The van der Waals surface area contributed by atoms with Crippen LogP contribution in [0.2, 0.25) is 0 Å². The van der Waals surface area contributed by atoms with E-state index in [0.29, 0.717) is 6.61 Å². The Labute approximate surface area is 73.0 Å². The molecule has 3 nitrogen and oxygen atoms in total. The Balaban J connectivity index is 3.52. The van der Waals surface area contributed by atoms with Gasteiger partial charge in [-0.15, -0.1) is 6.58 Å². The molecule has 0 amide bonds. The van der Waals surface area contributed by atoms with Crippen molar-refractivity contribution in [3.05, 3.63) is 12.7 Å². The highest BCUT2D eigenvalue weighted by Crippen LogP contribution is 2.03. The van der Waals surface area contributed by atoms with Crippen LogP contribution in [0.4, 0.5) is 0 Å². The van der Waals surface area contributed by atoms with Crippen molar-refractivity contribution in [2.45, 2.75) is 32.3 Å². The second-order valence-corrected chi connectivity index (χ2v) is 2.58. The fourth-order valence-electron chi connectivity index (χ4n) is 0.834. The van der Waals surface area contributed by atoms with Gasteiger partial charge in [0.2, 0.25) is 0 Å². The van der Waals surface area contributed by atoms with Crippen molar-refractivity contribution < 1.29 is 14.6 Å². The first kappa shape index (κ1) is 11.2. The van der Waals surface area contributed by atoms with Crippen molar-refractivity contribution in [2.75, 3.05) is 6.61 Å². The summed E-state index contributed by atoms with van der Waals surface area (Å²) < 4.78 is 5.29. The van der Waals surface area contributed by atoms with E-state index < -0.39 is 5.97 Å². The van der Waals surface area contributed by atoms with E-state index >= 15 is 0 Å². The van der Waals surface area contributed by atoms with E-state index in [1.165, 1.54) is 0 Å². The molecule has 0 saturated heterocycles. The summed E-state index contributed by atoms with van der Waals surface area (Å²) in [6, 6.07) is 0. The topological polar surface area (TPSA) is 46.5 Å². The van der Waals surface area contributed by atoms with Gasteiger partial charge >= 0.3 is 5.97 Å². The number of carboxylic acids is 1. The fourth-order valence-corrected chi connectivity index (χ4v) is 0.834. The Bertz CT molecular complexity index is 143. The number of ether oxygens (including phenoxy) is 1. The van der Waals surface area contributed by atoms with Crippen LogP contribution in [-0.2, 0) is 9.53 Å². The molecule has 0 fully saturated rings. The van der Waals surface area contributed by atoms with Gasteiger partial charge in [-0.2, -0.15) is 0 Å². The smallest absolute Gasteiger partial charge is 0.305 e. The number of carbonyl (C=O) groups is 1. The molecule has 0 bridgehead atoms. The standard InChI is InChI=1S/C9H16O3/c1-3-5-6-12-8(4-2)7-9(10)11/h3,8H,1,4-7H2,2H3,(H,10,11). The van der Waals surface area contributed by atoms with Crippen LogP contribution in [0.15, 0.2) is 12.7 Å². The van der Waals surface area contributed by atoms with Gasteiger partial charge in [0, 0.05) is 0 Å². The maximum absolute atomic E-state index is 10.3. The second-order valence-electron chi connectivity index (χ2n) is 2.58. The van der Waals surface area contributed by atoms with Crippen LogP contribution >= 0.6 is 0 Å². The van der Waals surface area contributed by atoms with Crippen LogP contribution in [0.1, 0.15) is 26.2 Å². The maximum atomic E-state index is 10.3. The summed E-state index contributed by atoms with van der Waals surface area (Å²) in [4.78, 5) is 10.3. The van der Waals surface area contributed by atoms with E-state index in [-0.39, 0.29) is 12.5 Å². The van der Waals surface area contributed by atoms with E-state index in [1.807, 2.05) is 6.92 Å². The third-order valence-corrected chi connectivity index (χ3v) is 1.53. The molecular weight excluding hydrogens is 156 g/mol. The summed E-state index contributed by atoms with van der Waals surface area (Å²) in [6.45, 7) is 6.03. The van der Waals surface area contributed by atoms with Crippen molar-refractivity contribution in [3.8, 4) is 0 Å². The third kappa shape index (κ3) is 5.92. The molecule has 12 heavy (non-hydrogen) atoms. The molecule has 1 N–H and O–H groups in total. The van der Waals surface area contributed by atoms with E-state index in [2.05, 4.69) is 6.58 Å². The van der Waals surface area contributed by atoms with Crippen molar-refractivity contribution in [2.24, 2.45) is 0 Å². The lowest BCUT2D eigenvalue weighted by Crippen LogP contribution is -2.17. The Morgan fingerprint density at radius 1 is 1.75 bits per heavy atom. The van der Waals surface area contributed by atoms with E-state index in [4.69, 9.17) is 9.84 Å². The highest BCUT2D eigenvalue weighted by molar-refractivity contribution is 5.67. The maximum Gasteiger partial charge on any atom is 0.305 e. The lowest BCUT2D eigenvalue weighted by atomic mass is 10.2. The zero-order chi connectivity index (χ0) is 9.40. The second kappa shape index (κ2) is 6.85. The SMILES string of the molecule is C=CCCOC(CC)CC(=O)O. The van der Waals surface area contributed by atoms with Gasteiger partial charge in [-0.05, 0) is 12.8 Å². The number of hydrogen-bond acceptors (Lipinski definition) is 2. The summed E-state index contributed by atoms with van der Waals surface area (Å²) in [6.07, 6.45) is 3.21. The van der Waals surface area contributed by atoms with Crippen LogP contribution in [0.5, 0.6) is 0 Å². The Morgan fingerprint density at radius 2 is 2.42 bits per heavy atom. The molecule has 0 radical (unpaired) electrons. The zero-order valence-electron chi connectivity index (χ0n) is 7.45. The van der Waals surface area contributed by atoms with Crippen LogP contribution in [0.25, 0.3) is 0 Å². The van der Waals surface area contributed by atoms with E-state index in [0.717, 1.165) is 12.8 Å². The number of hydrogen-bond donors (Lipinski definition) is 1. The summed E-state index contributed by atoms with van der Waals surface area (Å²) in [5, 5.41) is 8.47. The molecule has 1 unspecified atom stereocenters. The highest BCUT2D eigenvalue weighted by atomic mass is 16.5. The van der Waals surface area contributed by atoms with Crippen molar-refractivity contribution in [1.29, 1.82) is 0 Å². The Kier molecular flexibility index (Phi) is 6.38. The first-order chi connectivity index (χ1) is 5.70. The van der Waals surface area contributed by atoms with Crippen molar-refractivity contribution >= 4 is 5.97 Å². The zero-order valence-corrected chi connectivity index (χ0v) is 7.45. The van der Waals surface area contributed by atoms with Crippen LogP contribution < -0.4 is 0 Å². The number of rotatable bonds is 7. The fraction of sp³-hybridized carbons (Fsp3) is 0.667. The summed E-state index contributed by atoms with van der Waals surface area (Å²) >= 11 is 0. The molecule has 0 aliphatic carbocycles. The van der Waals surface area contributed by atoms with Crippen LogP contribution in [0, 0.1) is 0 Å². The molecule has 0 saturated carbocycles.